The fraction of sp³-hybridized carbons (Fsp3) is 0.150. The highest BCUT2D eigenvalue weighted by Gasteiger charge is 2.36. The number of benzene rings is 4. The highest BCUT2D eigenvalue weighted by atomic mass is 19.1. The minimum absolute atomic E-state index is 0.127. The lowest BCUT2D eigenvalue weighted by molar-refractivity contribution is 0.0762. The number of halogens is 1. The molecular formula is C40H37FN2O2. The zero-order chi connectivity index (χ0) is 31.6. The number of hydrogen-bond acceptors (Lipinski definition) is 3. The predicted octanol–water partition coefficient (Wildman–Crippen LogP) is 9.98. The zero-order valence-corrected chi connectivity index (χ0v) is 25.7. The summed E-state index contributed by atoms with van der Waals surface area (Å²) in [6.07, 6.45) is 12.2. The van der Waals surface area contributed by atoms with Gasteiger partial charge in [-0.05, 0) is 65.4 Å². The van der Waals surface area contributed by atoms with Gasteiger partial charge in [0.25, 0.3) is 5.91 Å². The van der Waals surface area contributed by atoms with Gasteiger partial charge in [0.15, 0.2) is 5.75 Å². The van der Waals surface area contributed by atoms with Crippen molar-refractivity contribution in [3.05, 3.63) is 167 Å². The molecule has 4 aromatic carbocycles. The van der Waals surface area contributed by atoms with E-state index in [1.807, 2.05) is 85.8 Å². The Labute approximate surface area is 264 Å². The quantitative estimate of drug-likeness (QED) is 0.126. The molecule has 226 valence electrons. The minimum Gasteiger partial charge on any atom is -0.478 e. The predicted molar refractivity (Wildman–Crippen MR) is 182 cm³/mol. The average Bonchev–Trinajstić information content (AvgIpc) is 3.39. The second-order valence-electron chi connectivity index (χ2n) is 10.7. The van der Waals surface area contributed by atoms with E-state index >= 15 is 0 Å². The molecule has 4 nitrogen and oxygen atoms in total. The Hall–Kier alpha value is -5.29. The molecule has 0 aliphatic carbocycles. The van der Waals surface area contributed by atoms with Crippen molar-refractivity contribution in [3.8, 4) is 5.75 Å². The van der Waals surface area contributed by atoms with Gasteiger partial charge in [-0.3, -0.25) is 9.78 Å². The van der Waals surface area contributed by atoms with Crippen LogP contribution >= 0.6 is 0 Å². The van der Waals surface area contributed by atoms with Gasteiger partial charge in [-0.15, -0.1) is 6.58 Å². The number of carbonyl (C=O) groups excluding carboxylic acids is 1. The molecule has 1 amide bonds. The van der Waals surface area contributed by atoms with Crippen LogP contribution in [0.5, 0.6) is 5.75 Å². The van der Waals surface area contributed by atoms with Gasteiger partial charge in [-0.25, -0.2) is 4.39 Å². The van der Waals surface area contributed by atoms with Gasteiger partial charge in [0.05, 0.1) is 5.56 Å². The van der Waals surface area contributed by atoms with E-state index in [0.29, 0.717) is 29.9 Å². The number of nitrogens with zero attached hydrogens (tertiary/aromatic N) is 2. The van der Waals surface area contributed by atoms with Gasteiger partial charge in [-0.1, -0.05) is 110 Å². The number of fused-ring (bicyclic) bond motifs is 2. The topological polar surface area (TPSA) is 42.4 Å². The number of allylic oxidation sites excluding steroid dienone is 2. The lowest BCUT2D eigenvalue weighted by atomic mass is 9.95. The maximum Gasteiger partial charge on any atom is 0.258 e. The zero-order valence-electron chi connectivity index (χ0n) is 25.7. The molecular weight excluding hydrogens is 559 g/mol. The van der Waals surface area contributed by atoms with Gasteiger partial charge in [-0.2, -0.15) is 0 Å². The van der Waals surface area contributed by atoms with E-state index in [4.69, 9.17) is 9.72 Å². The summed E-state index contributed by atoms with van der Waals surface area (Å²) < 4.78 is 20.4. The summed E-state index contributed by atoms with van der Waals surface area (Å²) in [6, 6.07) is 30.3. The van der Waals surface area contributed by atoms with Crippen LogP contribution in [0, 0.1) is 5.82 Å². The third kappa shape index (κ3) is 7.27. The standard InChI is InChI=1S/C37H31FN2O2.C3H6/c1-2-3-16-33(28-13-8-5-9-14-28)42-36-34-32(25-40(37(34)41)24-27-17-20-29(38)21-18-27)30(31-15-10-23-39-35(31)36)22-19-26-11-6-4-7-12-26;1-3-2/h3-23,33H,2,24-25H2,1H3;3H,1H2,2H3/b16-3+,22-19+;. The Bertz CT molecular complexity index is 1810. The van der Waals surface area contributed by atoms with Crippen molar-refractivity contribution in [2.24, 2.45) is 0 Å². The summed E-state index contributed by atoms with van der Waals surface area (Å²) in [5, 5.41) is 0.918. The molecule has 0 saturated heterocycles. The van der Waals surface area contributed by atoms with Crippen molar-refractivity contribution >= 4 is 29.0 Å². The van der Waals surface area contributed by atoms with E-state index in [1.54, 1.807) is 29.3 Å². The molecule has 1 unspecified atom stereocenters. The summed E-state index contributed by atoms with van der Waals surface area (Å²) in [5.74, 6) is 0.0550. The Morgan fingerprint density at radius 2 is 1.64 bits per heavy atom. The number of amides is 1. The summed E-state index contributed by atoms with van der Waals surface area (Å²) in [4.78, 5) is 20.7. The number of carbonyl (C=O) groups is 1. The molecule has 5 aromatic rings. The number of ether oxygens (including phenoxy) is 1. The van der Waals surface area contributed by atoms with Crippen LogP contribution in [-0.2, 0) is 13.1 Å². The second-order valence-corrected chi connectivity index (χ2v) is 10.7. The maximum absolute atomic E-state index is 14.2. The summed E-state index contributed by atoms with van der Waals surface area (Å²) in [5.41, 5.74) is 5.92. The first kappa shape index (κ1) is 31.1. The van der Waals surface area contributed by atoms with E-state index in [9.17, 15) is 9.18 Å². The van der Waals surface area contributed by atoms with Gasteiger partial charge < -0.3 is 9.64 Å². The van der Waals surface area contributed by atoms with Crippen molar-refractivity contribution < 1.29 is 13.9 Å². The number of aromatic nitrogens is 1. The summed E-state index contributed by atoms with van der Waals surface area (Å²) >= 11 is 0. The van der Waals surface area contributed by atoms with Crippen molar-refractivity contribution in [2.45, 2.75) is 39.5 Å². The normalized spacial score (nSPS) is 13.1. The van der Waals surface area contributed by atoms with Crippen LogP contribution in [0.2, 0.25) is 0 Å². The molecule has 1 aromatic heterocycles. The van der Waals surface area contributed by atoms with E-state index in [1.165, 1.54) is 12.1 Å². The molecule has 2 heterocycles. The van der Waals surface area contributed by atoms with E-state index < -0.39 is 6.10 Å². The SMILES string of the molecule is C=CC.CC/C=C/C(Oc1c2c(c(/C=C/c3ccccc3)c3cccnc13)CN(Cc1ccc(F)cc1)C2=O)c1ccccc1. The van der Waals surface area contributed by atoms with Gasteiger partial charge >= 0.3 is 0 Å². The third-order valence-electron chi connectivity index (χ3n) is 7.47. The lowest BCUT2D eigenvalue weighted by Crippen LogP contribution is -2.23. The smallest absolute Gasteiger partial charge is 0.258 e. The van der Waals surface area contributed by atoms with Crippen molar-refractivity contribution in [3.63, 3.8) is 0 Å². The highest BCUT2D eigenvalue weighted by molar-refractivity contribution is 6.10. The summed E-state index contributed by atoms with van der Waals surface area (Å²) in [7, 11) is 0. The number of pyridine rings is 1. The van der Waals surface area contributed by atoms with Crippen molar-refractivity contribution in [1.82, 2.24) is 9.88 Å². The minimum atomic E-state index is -0.398. The van der Waals surface area contributed by atoms with Crippen molar-refractivity contribution in [2.75, 3.05) is 0 Å². The first-order valence-corrected chi connectivity index (χ1v) is 15.2. The fourth-order valence-corrected chi connectivity index (χ4v) is 5.40. The first-order chi connectivity index (χ1) is 22.0. The molecule has 1 aliphatic rings. The highest BCUT2D eigenvalue weighted by Crippen LogP contribution is 2.43. The molecule has 0 N–H and O–H groups in total. The Balaban J connectivity index is 0.00000128. The third-order valence-corrected chi connectivity index (χ3v) is 7.47. The van der Waals surface area contributed by atoms with Crippen LogP contribution in [0.4, 0.5) is 4.39 Å². The van der Waals surface area contributed by atoms with Crippen LogP contribution in [-0.4, -0.2) is 15.8 Å². The molecule has 0 radical (unpaired) electrons. The Kier molecular flexibility index (Phi) is 10.3. The van der Waals surface area contributed by atoms with Crippen LogP contribution in [0.1, 0.15) is 64.5 Å². The van der Waals surface area contributed by atoms with Gasteiger partial charge in [0, 0.05) is 24.7 Å². The van der Waals surface area contributed by atoms with Gasteiger partial charge in [0.1, 0.15) is 17.4 Å². The molecule has 0 bridgehead atoms. The van der Waals surface area contributed by atoms with Crippen LogP contribution in [0.15, 0.2) is 128 Å². The Morgan fingerprint density at radius 3 is 2.33 bits per heavy atom. The monoisotopic (exact) mass is 596 g/mol. The van der Waals surface area contributed by atoms with Gasteiger partial charge in [0.2, 0.25) is 0 Å². The average molecular weight is 597 g/mol. The largest absolute Gasteiger partial charge is 0.478 e. The molecule has 1 atom stereocenters. The second kappa shape index (κ2) is 14.9. The summed E-state index contributed by atoms with van der Waals surface area (Å²) in [6.45, 7) is 8.09. The fourth-order valence-electron chi connectivity index (χ4n) is 5.40. The van der Waals surface area contributed by atoms with Crippen molar-refractivity contribution in [1.29, 1.82) is 0 Å². The van der Waals surface area contributed by atoms with E-state index in [0.717, 1.165) is 39.6 Å². The Morgan fingerprint density at radius 1 is 0.956 bits per heavy atom. The van der Waals surface area contributed by atoms with E-state index in [-0.39, 0.29) is 11.7 Å². The molecule has 0 spiro atoms. The van der Waals surface area contributed by atoms with E-state index in [2.05, 4.69) is 31.7 Å². The maximum atomic E-state index is 14.2. The lowest BCUT2D eigenvalue weighted by Gasteiger charge is -2.21. The van der Waals surface area contributed by atoms with Crippen LogP contribution in [0.3, 0.4) is 0 Å². The number of hydrogen-bond donors (Lipinski definition) is 0. The molecule has 0 fully saturated rings. The molecule has 45 heavy (non-hydrogen) atoms. The molecule has 0 saturated carbocycles. The molecule has 1 aliphatic heterocycles. The molecule has 6 rings (SSSR count). The van der Waals surface area contributed by atoms with Crippen LogP contribution < -0.4 is 4.74 Å². The molecule has 5 heteroatoms. The number of rotatable bonds is 9. The first-order valence-electron chi connectivity index (χ1n) is 15.2. The van der Waals surface area contributed by atoms with Crippen LogP contribution in [0.25, 0.3) is 23.1 Å².